The van der Waals surface area contributed by atoms with E-state index < -0.39 is 11.7 Å². The maximum Gasteiger partial charge on any atom is 0.418 e. The lowest BCUT2D eigenvalue weighted by atomic mass is 9.92. The second kappa shape index (κ2) is 6.22. The number of hydrogen-bond donors (Lipinski definition) is 1. The number of rotatable bonds is 3. The molecule has 0 aliphatic heterocycles. The van der Waals surface area contributed by atoms with Crippen molar-refractivity contribution < 1.29 is 17.9 Å². The van der Waals surface area contributed by atoms with Crippen LogP contribution in [0.3, 0.4) is 0 Å². The van der Waals surface area contributed by atoms with Gasteiger partial charge in [-0.1, -0.05) is 17.7 Å². The summed E-state index contributed by atoms with van der Waals surface area (Å²) in [5.41, 5.74) is -0.721. The lowest BCUT2D eigenvalue weighted by Gasteiger charge is -2.30. The number of anilines is 1. The number of alkyl halides is 3. The number of nitrogens with one attached hydrogen (secondary N) is 1. The summed E-state index contributed by atoms with van der Waals surface area (Å²) in [5.74, 6) is 0. The van der Waals surface area contributed by atoms with Gasteiger partial charge < -0.3 is 10.1 Å². The number of ether oxygens (including phenoxy) is 1. The van der Waals surface area contributed by atoms with Crippen molar-refractivity contribution in [3.8, 4) is 0 Å². The van der Waals surface area contributed by atoms with Crippen LogP contribution in [-0.2, 0) is 10.9 Å². The van der Waals surface area contributed by atoms with Gasteiger partial charge in [-0.3, -0.25) is 0 Å². The van der Waals surface area contributed by atoms with E-state index in [2.05, 4.69) is 5.32 Å². The van der Waals surface area contributed by atoms with Crippen LogP contribution in [0.5, 0.6) is 0 Å². The zero-order valence-corrected chi connectivity index (χ0v) is 11.9. The molecular weight excluding hydrogens is 291 g/mol. The number of para-hydroxylation sites is 1. The van der Waals surface area contributed by atoms with E-state index in [1.54, 1.807) is 7.11 Å². The van der Waals surface area contributed by atoms with E-state index in [9.17, 15) is 13.2 Å². The quantitative estimate of drug-likeness (QED) is 0.871. The van der Waals surface area contributed by atoms with Crippen molar-refractivity contribution in [1.29, 1.82) is 0 Å². The van der Waals surface area contributed by atoms with Crippen LogP contribution in [0.15, 0.2) is 18.2 Å². The Labute approximate surface area is 121 Å². The smallest absolute Gasteiger partial charge is 0.381 e. The van der Waals surface area contributed by atoms with Crippen LogP contribution < -0.4 is 5.32 Å². The van der Waals surface area contributed by atoms with Crippen molar-refractivity contribution in [3.63, 3.8) is 0 Å². The van der Waals surface area contributed by atoms with Gasteiger partial charge in [0, 0.05) is 13.2 Å². The van der Waals surface area contributed by atoms with E-state index in [0.717, 1.165) is 31.7 Å². The molecule has 0 heterocycles. The largest absolute Gasteiger partial charge is 0.418 e. The Morgan fingerprint density at radius 1 is 1.20 bits per heavy atom. The second-order valence-electron chi connectivity index (χ2n) is 5.01. The number of methoxy groups -OCH3 is 1. The highest BCUT2D eigenvalue weighted by Gasteiger charge is 2.35. The maximum absolute atomic E-state index is 13.0. The third-order valence-corrected chi connectivity index (χ3v) is 3.99. The number of hydrogen-bond acceptors (Lipinski definition) is 2. The second-order valence-corrected chi connectivity index (χ2v) is 5.42. The molecule has 0 bridgehead atoms. The van der Waals surface area contributed by atoms with Crippen molar-refractivity contribution in [3.05, 3.63) is 28.8 Å². The molecule has 0 amide bonds. The molecule has 1 aliphatic carbocycles. The van der Waals surface area contributed by atoms with Crippen molar-refractivity contribution in [2.45, 2.75) is 44.0 Å². The zero-order chi connectivity index (χ0) is 14.8. The fraction of sp³-hybridized carbons (Fsp3) is 0.571. The average Bonchev–Trinajstić information content (AvgIpc) is 2.40. The summed E-state index contributed by atoms with van der Waals surface area (Å²) in [5, 5.41) is 3.07. The molecule has 1 saturated carbocycles. The predicted octanol–water partition coefficient (Wildman–Crippen LogP) is 4.73. The molecular formula is C14H17ClF3NO. The summed E-state index contributed by atoms with van der Waals surface area (Å²) in [4.78, 5) is 0. The average molecular weight is 308 g/mol. The van der Waals surface area contributed by atoms with Crippen LogP contribution in [0, 0.1) is 0 Å². The molecule has 1 aromatic rings. The Bertz CT molecular complexity index is 456. The van der Waals surface area contributed by atoms with Gasteiger partial charge in [-0.2, -0.15) is 13.2 Å². The Morgan fingerprint density at radius 3 is 2.40 bits per heavy atom. The van der Waals surface area contributed by atoms with Crippen molar-refractivity contribution in [2.24, 2.45) is 0 Å². The van der Waals surface area contributed by atoms with Gasteiger partial charge in [0.2, 0.25) is 0 Å². The molecule has 1 fully saturated rings. The lowest BCUT2D eigenvalue weighted by Crippen LogP contribution is -2.30. The molecule has 0 radical (unpaired) electrons. The Morgan fingerprint density at radius 2 is 1.85 bits per heavy atom. The maximum atomic E-state index is 13.0. The molecule has 2 nitrogen and oxygen atoms in total. The molecule has 1 aliphatic rings. The molecule has 2 rings (SSSR count). The van der Waals surface area contributed by atoms with Crippen LogP contribution >= 0.6 is 11.6 Å². The van der Waals surface area contributed by atoms with Crippen LogP contribution in [0.2, 0.25) is 5.02 Å². The zero-order valence-electron chi connectivity index (χ0n) is 11.1. The third kappa shape index (κ3) is 3.58. The molecule has 112 valence electrons. The van der Waals surface area contributed by atoms with E-state index in [4.69, 9.17) is 16.3 Å². The highest BCUT2D eigenvalue weighted by molar-refractivity contribution is 6.33. The Balaban J connectivity index is 2.13. The summed E-state index contributed by atoms with van der Waals surface area (Å²) in [6.45, 7) is 0. The van der Waals surface area contributed by atoms with E-state index in [0.29, 0.717) is 0 Å². The highest BCUT2D eigenvalue weighted by atomic mass is 35.5. The summed E-state index contributed by atoms with van der Waals surface area (Å²) in [7, 11) is 1.66. The fourth-order valence-electron chi connectivity index (χ4n) is 2.55. The predicted molar refractivity (Wildman–Crippen MR) is 73.1 cm³/mol. The van der Waals surface area contributed by atoms with Crippen molar-refractivity contribution >= 4 is 17.3 Å². The molecule has 6 heteroatoms. The molecule has 0 aromatic heterocycles. The SMILES string of the molecule is COC1CCC(Nc2c(Cl)cccc2C(F)(F)F)CC1. The van der Waals surface area contributed by atoms with Crippen LogP contribution in [-0.4, -0.2) is 19.3 Å². The molecule has 0 unspecified atom stereocenters. The standard InChI is InChI=1S/C14H17ClF3NO/c1-20-10-7-5-9(6-8-10)19-13-11(14(16,17)18)3-2-4-12(13)15/h2-4,9-10,19H,5-8H2,1H3. The van der Waals surface area contributed by atoms with Crippen molar-refractivity contribution in [2.75, 3.05) is 12.4 Å². The van der Waals surface area contributed by atoms with E-state index >= 15 is 0 Å². The first-order chi connectivity index (χ1) is 9.41. The van der Waals surface area contributed by atoms with E-state index in [1.165, 1.54) is 12.1 Å². The van der Waals surface area contributed by atoms with Crippen molar-refractivity contribution in [1.82, 2.24) is 0 Å². The first kappa shape index (κ1) is 15.4. The normalized spacial score (nSPS) is 23.6. The van der Waals surface area contributed by atoms with Gasteiger partial charge in [0.25, 0.3) is 0 Å². The summed E-state index contributed by atoms with van der Waals surface area (Å²) >= 11 is 5.92. The molecule has 0 spiro atoms. The summed E-state index contributed by atoms with van der Waals surface area (Å²) in [6.07, 6.45) is -0.944. The summed E-state index contributed by atoms with van der Waals surface area (Å²) in [6, 6.07) is 3.84. The number of halogens is 4. The van der Waals surface area contributed by atoms with Gasteiger partial charge in [0.1, 0.15) is 0 Å². The monoisotopic (exact) mass is 307 g/mol. The first-order valence-corrected chi connectivity index (χ1v) is 6.94. The Hall–Kier alpha value is -0.940. The van der Waals surface area contributed by atoms with Crippen LogP contribution in [0.25, 0.3) is 0 Å². The Kier molecular flexibility index (Phi) is 4.81. The van der Waals surface area contributed by atoms with Gasteiger partial charge in [0.05, 0.1) is 22.4 Å². The highest BCUT2D eigenvalue weighted by Crippen LogP contribution is 2.39. The lowest BCUT2D eigenvalue weighted by molar-refractivity contribution is -0.137. The van der Waals surface area contributed by atoms with Gasteiger partial charge in [-0.15, -0.1) is 0 Å². The van der Waals surface area contributed by atoms with Gasteiger partial charge in [0.15, 0.2) is 0 Å². The molecule has 0 atom stereocenters. The van der Waals surface area contributed by atoms with E-state index in [-0.39, 0.29) is 22.9 Å². The minimum atomic E-state index is -4.41. The minimum Gasteiger partial charge on any atom is -0.381 e. The molecule has 0 saturated heterocycles. The topological polar surface area (TPSA) is 21.3 Å². The summed E-state index contributed by atoms with van der Waals surface area (Å²) < 4.78 is 44.2. The van der Waals surface area contributed by atoms with Crippen LogP contribution in [0.4, 0.5) is 18.9 Å². The van der Waals surface area contributed by atoms with Gasteiger partial charge >= 0.3 is 6.18 Å². The fourth-order valence-corrected chi connectivity index (χ4v) is 2.78. The van der Waals surface area contributed by atoms with Gasteiger partial charge in [-0.05, 0) is 37.8 Å². The third-order valence-electron chi connectivity index (χ3n) is 3.68. The minimum absolute atomic E-state index is 0.00222. The van der Waals surface area contributed by atoms with Gasteiger partial charge in [-0.25, -0.2) is 0 Å². The first-order valence-electron chi connectivity index (χ1n) is 6.57. The molecule has 20 heavy (non-hydrogen) atoms. The molecule has 1 N–H and O–H groups in total. The molecule has 1 aromatic carbocycles. The number of benzene rings is 1. The van der Waals surface area contributed by atoms with Crippen LogP contribution in [0.1, 0.15) is 31.2 Å². The van der Waals surface area contributed by atoms with E-state index in [1.807, 2.05) is 0 Å².